The second kappa shape index (κ2) is 211. The second-order valence-electron chi connectivity index (χ2n) is 0. The van der Waals surface area contributed by atoms with Crippen molar-refractivity contribution in [1.29, 1.82) is 0 Å². The molecule has 0 bridgehead atoms. The van der Waals surface area contributed by atoms with E-state index in [9.17, 15) is 0 Å². The molecule has 0 rings (SSSR count). The first-order chi connectivity index (χ1) is 2.00. The second-order valence-corrected chi connectivity index (χ2v) is 0. The minimum absolute atomic E-state index is 0. The van der Waals surface area contributed by atoms with Gasteiger partial charge in [-0.05, 0) is 0 Å². The molecular weight excluding hydrogens is 312 g/mol. The summed E-state index contributed by atoms with van der Waals surface area (Å²) in [6.45, 7) is 0. The molecule has 0 unspecified atom stereocenters. The number of hydrogen-bond acceptors (Lipinski definition) is 2. The van der Waals surface area contributed by atoms with Gasteiger partial charge in [0.15, 0.2) is 0 Å². The van der Waals surface area contributed by atoms with E-state index in [0.29, 0.717) is 0 Å². The Morgan fingerprint density at radius 3 is 0.556 bits per heavy atom. The van der Waals surface area contributed by atoms with Gasteiger partial charge in [0.25, 0.3) is 0 Å². The third kappa shape index (κ3) is 167. The van der Waals surface area contributed by atoms with Crippen LogP contribution in [0.25, 0.3) is 0 Å². The average molecular weight is 312 g/mol. The van der Waals surface area contributed by atoms with Gasteiger partial charge in [0.1, 0.15) is 0 Å². The SMILES string of the molecule is [Co+2].[Co+2].[Co+2].[O-2].[O-2].[O-]Cl.[O-]Cl. The van der Waals surface area contributed by atoms with Crippen molar-refractivity contribution in [1.82, 2.24) is 0 Å². The topological polar surface area (TPSA) is 103 Å². The fourth-order valence-electron chi connectivity index (χ4n) is 0. The minimum atomic E-state index is 0. The molecular formula is Cl2Co3O4. The fourth-order valence-corrected chi connectivity index (χ4v) is 0. The van der Waals surface area contributed by atoms with Crippen molar-refractivity contribution < 1.29 is 70.6 Å². The van der Waals surface area contributed by atoms with Crippen LogP contribution in [0.4, 0.5) is 0 Å². The molecule has 0 fully saturated rings. The van der Waals surface area contributed by atoms with E-state index in [1.807, 2.05) is 0 Å². The van der Waals surface area contributed by atoms with E-state index in [1.54, 1.807) is 0 Å². The molecule has 9 heteroatoms. The molecule has 0 aliphatic carbocycles. The molecule has 0 aromatic carbocycles. The van der Waals surface area contributed by atoms with Crippen LogP contribution in [0.2, 0.25) is 0 Å². The van der Waals surface area contributed by atoms with Gasteiger partial charge in [0, 0.05) is 0 Å². The number of halogens is 2. The Kier molecular flexibility index (Phi) is 1630. The number of hydrogen-bond donors (Lipinski definition) is 0. The minimum Gasteiger partial charge on any atom is -2.00 e. The van der Waals surface area contributed by atoms with Gasteiger partial charge < -0.3 is 20.3 Å². The van der Waals surface area contributed by atoms with Gasteiger partial charge in [-0.2, -0.15) is 0 Å². The molecule has 4 nitrogen and oxygen atoms in total. The van der Waals surface area contributed by atoms with Gasteiger partial charge >= 0.3 is 50.3 Å². The van der Waals surface area contributed by atoms with Crippen LogP contribution >= 0.6 is 23.7 Å². The molecule has 0 heterocycles. The van der Waals surface area contributed by atoms with Crippen LogP contribution in [0.5, 0.6) is 0 Å². The third-order valence-corrected chi connectivity index (χ3v) is 0. The summed E-state index contributed by atoms with van der Waals surface area (Å²) in [6.07, 6.45) is 0. The monoisotopic (exact) mass is 311 g/mol. The van der Waals surface area contributed by atoms with Crippen molar-refractivity contribution in [3.8, 4) is 0 Å². The summed E-state index contributed by atoms with van der Waals surface area (Å²) in [4.78, 5) is 0. The van der Waals surface area contributed by atoms with E-state index >= 15 is 0 Å². The van der Waals surface area contributed by atoms with Crippen LogP contribution < -0.4 is 9.32 Å². The van der Waals surface area contributed by atoms with Crippen molar-refractivity contribution in [3.63, 3.8) is 0 Å². The Hall–Kier alpha value is 1.94. The summed E-state index contributed by atoms with van der Waals surface area (Å²) in [5.41, 5.74) is 0. The quantitative estimate of drug-likeness (QED) is 0.558. The largest absolute Gasteiger partial charge is 2.00 e. The first-order valence-corrected chi connectivity index (χ1v) is 0.926. The Morgan fingerprint density at radius 2 is 0.556 bits per heavy atom. The van der Waals surface area contributed by atoms with Crippen molar-refractivity contribution >= 4 is 23.7 Å². The summed E-state index contributed by atoms with van der Waals surface area (Å²) in [5.74, 6) is 0. The van der Waals surface area contributed by atoms with Crippen molar-refractivity contribution in [3.05, 3.63) is 0 Å². The first-order valence-electron chi connectivity index (χ1n) is 0.309. The van der Waals surface area contributed by atoms with E-state index in [2.05, 4.69) is 23.7 Å². The Balaban J connectivity index is -0.00000000114. The molecule has 0 aromatic rings. The molecule has 0 spiro atoms. The molecule has 0 aliphatic rings. The average Bonchev–Trinajstić information content (AvgIpc) is 1.50. The maximum Gasteiger partial charge on any atom is 2.00 e. The fraction of sp³-hybridized carbons (Fsp3) is 0. The Morgan fingerprint density at radius 1 is 0.556 bits per heavy atom. The molecule has 0 aliphatic heterocycles. The van der Waals surface area contributed by atoms with Gasteiger partial charge in [-0.1, -0.05) is 0 Å². The van der Waals surface area contributed by atoms with Crippen molar-refractivity contribution in [2.75, 3.05) is 0 Å². The molecule has 65 valence electrons. The molecule has 0 aromatic heterocycles. The first kappa shape index (κ1) is 69.6. The van der Waals surface area contributed by atoms with Gasteiger partial charge in [0.2, 0.25) is 0 Å². The van der Waals surface area contributed by atoms with Gasteiger partial charge in [-0.15, -0.1) is 0 Å². The van der Waals surface area contributed by atoms with E-state index in [1.165, 1.54) is 0 Å². The van der Waals surface area contributed by atoms with Crippen LogP contribution in [0.15, 0.2) is 0 Å². The summed E-state index contributed by atoms with van der Waals surface area (Å²) >= 11 is 6.78. The summed E-state index contributed by atoms with van der Waals surface area (Å²) in [6, 6.07) is 0. The zero-order chi connectivity index (χ0) is 4.00. The Bertz CT molecular complexity index is 13.8. The van der Waals surface area contributed by atoms with Gasteiger partial charge in [-0.3, -0.25) is 0 Å². The van der Waals surface area contributed by atoms with Crippen LogP contribution in [0, 0.1) is 0 Å². The molecule has 9 heavy (non-hydrogen) atoms. The predicted octanol–water partition coefficient (Wildman–Crippen LogP) is -1.24. The standard InChI is InChI=1S/2ClO.3Co.2O/c2*1-2;;;;;/q2*-1;3*+2;2*-2. The van der Waals surface area contributed by atoms with Crippen molar-refractivity contribution in [2.24, 2.45) is 0 Å². The van der Waals surface area contributed by atoms with Crippen LogP contribution in [0.1, 0.15) is 0 Å². The molecule has 0 saturated heterocycles. The van der Waals surface area contributed by atoms with Crippen LogP contribution in [-0.4, -0.2) is 0 Å². The smallest absolute Gasteiger partial charge is 2.00 e. The summed E-state index contributed by atoms with van der Waals surface area (Å²) in [7, 11) is 0. The van der Waals surface area contributed by atoms with Crippen LogP contribution in [0.3, 0.4) is 0 Å². The summed E-state index contributed by atoms with van der Waals surface area (Å²) in [5, 5.41) is 0. The Labute approximate surface area is 93.8 Å². The molecule has 0 N–H and O–H groups in total. The zero-order valence-corrected chi connectivity index (χ0v) is 8.02. The van der Waals surface area contributed by atoms with E-state index < -0.39 is 0 Å². The third-order valence-electron chi connectivity index (χ3n) is 0. The normalized spacial score (nSPS) is 1.33. The maximum atomic E-state index is 7.72. The molecule has 0 amide bonds. The molecule has 0 atom stereocenters. The zero-order valence-electron chi connectivity index (χ0n) is 3.39. The molecule has 0 saturated carbocycles. The maximum absolute atomic E-state index is 7.72. The summed E-state index contributed by atoms with van der Waals surface area (Å²) < 4.78 is 15.4. The van der Waals surface area contributed by atoms with Crippen LogP contribution in [-0.2, 0) is 61.3 Å². The van der Waals surface area contributed by atoms with E-state index in [0.717, 1.165) is 0 Å². The van der Waals surface area contributed by atoms with Gasteiger partial charge in [-0.25, -0.2) is 23.7 Å². The van der Waals surface area contributed by atoms with E-state index in [-0.39, 0.29) is 61.3 Å². The number of rotatable bonds is 0. The van der Waals surface area contributed by atoms with E-state index in [4.69, 9.17) is 9.32 Å². The molecule has 3 radical (unpaired) electrons. The van der Waals surface area contributed by atoms with Crippen molar-refractivity contribution in [2.45, 2.75) is 0 Å². The predicted molar refractivity (Wildman–Crippen MR) is 13.1 cm³/mol. The van der Waals surface area contributed by atoms with Gasteiger partial charge in [0.05, 0.1) is 0 Å².